The highest BCUT2D eigenvalue weighted by molar-refractivity contribution is 9.10. The molecule has 1 nitrogen and oxygen atoms in total. The molecule has 15 heavy (non-hydrogen) atoms. The van der Waals surface area contributed by atoms with Crippen LogP contribution in [0.1, 0.15) is 36.4 Å². The molecule has 0 spiro atoms. The molecule has 1 aliphatic rings. The number of hydrogen-bond acceptors (Lipinski definition) is 1. The van der Waals surface area contributed by atoms with Gasteiger partial charge in [0.25, 0.3) is 0 Å². The summed E-state index contributed by atoms with van der Waals surface area (Å²) in [5.74, 6) is 0.954. The van der Waals surface area contributed by atoms with Gasteiger partial charge < -0.3 is 5.32 Å². The molecule has 1 fully saturated rings. The van der Waals surface area contributed by atoms with Crippen molar-refractivity contribution >= 4 is 15.9 Å². The summed E-state index contributed by atoms with van der Waals surface area (Å²) in [6, 6.07) is 7.14. The van der Waals surface area contributed by atoms with Gasteiger partial charge in [0, 0.05) is 10.5 Å². The molecular formula is C13H18BrN. The molecule has 2 heteroatoms. The molecule has 0 saturated heterocycles. The maximum atomic E-state index is 3.66. The molecule has 2 rings (SSSR count). The topological polar surface area (TPSA) is 12.0 Å². The van der Waals surface area contributed by atoms with Crippen molar-refractivity contribution in [2.45, 2.75) is 32.2 Å². The second-order valence-corrected chi connectivity index (χ2v) is 5.40. The summed E-state index contributed by atoms with van der Waals surface area (Å²) < 4.78 is 1.24. The molecular weight excluding hydrogens is 250 g/mol. The molecule has 1 saturated carbocycles. The normalized spacial score (nSPS) is 17.8. The fourth-order valence-electron chi connectivity index (χ4n) is 2.00. The smallest absolute Gasteiger partial charge is 0.0331 e. The van der Waals surface area contributed by atoms with Crippen LogP contribution < -0.4 is 5.32 Å². The maximum Gasteiger partial charge on any atom is 0.0331 e. The number of benzene rings is 1. The van der Waals surface area contributed by atoms with Crippen LogP contribution in [0.25, 0.3) is 0 Å². The van der Waals surface area contributed by atoms with Gasteiger partial charge in [-0.3, -0.25) is 0 Å². The monoisotopic (exact) mass is 267 g/mol. The Morgan fingerprint density at radius 3 is 2.73 bits per heavy atom. The van der Waals surface area contributed by atoms with Gasteiger partial charge in [-0.15, -0.1) is 0 Å². The van der Waals surface area contributed by atoms with E-state index >= 15 is 0 Å². The van der Waals surface area contributed by atoms with Crippen LogP contribution in [0.2, 0.25) is 0 Å². The standard InChI is InChI=1S/C13H18BrN/c1-9-3-6-11(12(14)7-9)13(15-2)8-10-4-5-10/h3,6-7,10,13,15H,4-5,8H2,1-2H3. The van der Waals surface area contributed by atoms with Gasteiger partial charge in [-0.25, -0.2) is 0 Å². The first kappa shape index (κ1) is 11.2. The highest BCUT2D eigenvalue weighted by Crippen LogP contribution is 2.39. The largest absolute Gasteiger partial charge is 0.313 e. The van der Waals surface area contributed by atoms with Gasteiger partial charge in [-0.1, -0.05) is 40.9 Å². The van der Waals surface area contributed by atoms with Crippen LogP contribution in [0.3, 0.4) is 0 Å². The van der Waals surface area contributed by atoms with Crippen LogP contribution >= 0.6 is 15.9 Å². The first-order valence-corrected chi connectivity index (χ1v) is 6.43. The molecule has 1 unspecified atom stereocenters. The van der Waals surface area contributed by atoms with Gasteiger partial charge in [0.05, 0.1) is 0 Å². The SMILES string of the molecule is CNC(CC1CC1)c1ccc(C)cc1Br. The van der Waals surface area contributed by atoms with E-state index in [9.17, 15) is 0 Å². The Morgan fingerprint density at radius 1 is 1.47 bits per heavy atom. The molecule has 1 aromatic rings. The molecule has 0 aromatic heterocycles. The minimum atomic E-state index is 0.507. The van der Waals surface area contributed by atoms with Gasteiger partial charge in [-0.05, 0) is 43.5 Å². The van der Waals surface area contributed by atoms with E-state index in [2.05, 4.69) is 53.4 Å². The fourth-order valence-corrected chi connectivity index (χ4v) is 2.77. The Kier molecular flexibility index (Phi) is 3.47. The number of rotatable bonds is 4. The van der Waals surface area contributed by atoms with E-state index in [-0.39, 0.29) is 0 Å². The van der Waals surface area contributed by atoms with Gasteiger partial charge in [0.1, 0.15) is 0 Å². The zero-order chi connectivity index (χ0) is 10.8. The van der Waals surface area contributed by atoms with Crippen molar-refractivity contribution in [2.75, 3.05) is 7.05 Å². The first-order chi connectivity index (χ1) is 7.20. The van der Waals surface area contributed by atoms with Crippen molar-refractivity contribution in [2.24, 2.45) is 5.92 Å². The first-order valence-electron chi connectivity index (χ1n) is 5.64. The third-order valence-electron chi connectivity index (χ3n) is 3.15. The van der Waals surface area contributed by atoms with E-state index in [1.807, 2.05) is 0 Å². The lowest BCUT2D eigenvalue weighted by Crippen LogP contribution is -2.17. The van der Waals surface area contributed by atoms with E-state index < -0.39 is 0 Å². The van der Waals surface area contributed by atoms with E-state index in [1.54, 1.807) is 0 Å². The number of halogens is 1. The zero-order valence-electron chi connectivity index (χ0n) is 9.39. The highest BCUT2D eigenvalue weighted by Gasteiger charge is 2.26. The Balaban J connectivity index is 2.16. The summed E-state index contributed by atoms with van der Waals surface area (Å²) in [6.45, 7) is 2.13. The molecule has 1 aliphatic carbocycles. The minimum absolute atomic E-state index is 0.507. The molecule has 0 aliphatic heterocycles. The van der Waals surface area contributed by atoms with Gasteiger partial charge in [0.2, 0.25) is 0 Å². The van der Waals surface area contributed by atoms with Crippen molar-refractivity contribution in [3.8, 4) is 0 Å². The number of aryl methyl sites for hydroxylation is 1. The summed E-state index contributed by atoms with van der Waals surface area (Å²) >= 11 is 3.66. The molecule has 0 amide bonds. The second kappa shape index (κ2) is 4.67. The van der Waals surface area contributed by atoms with Gasteiger partial charge >= 0.3 is 0 Å². The molecule has 1 N–H and O–H groups in total. The molecule has 0 bridgehead atoms. The maximum absolute atomic E-state index is 3.66. The average molecular weight is 268 g/mol. The van der Waals surface area contributed by atoms with Crippen LogP contribution in [-0.4, -0.2) is 7.05 Å². The Bertz CT molecular complexity index is 344. The molecule has 0 heterocycles. The van der Waals surface area contributed by atoms with Crippen molar-refractivity contribution in [1.29, 1.82) is 0 Å². The van der Waals surface area contributed by atoms with Crippen molar-refractivity contribution in [1.82, 2.24) is 5.32 Å². The summed E-state index contributed by atoms with van der Waals surface area (Å²) in [7, 11) is 2.05. The molecule has 0 radical (unpaired) electrons. The highest BCUT2D eigenvalue weighted by atomic mass is 79.9. The number of nitrogens with one attached hydrogen (secondary N) is 1. The lowest BCUT2D eigenvalue weighted by molar-refractivity contribution is 0.513. The van der Waals surface area contributed by atoms with Crippen LogP contribution in [0.15, 0.2) is 22.7 Å². The quantitative estimate of drug-likeness (QED) is 0.875. The molecule has 1 aromatic carbocycles. The van der Waals surface area contributed by atoms with E-state index in [4.69, 9.17) is 0 Å². The van der Waals surface area contributed by atoms with Gasteiger partial charge in [0.15, 0.2) is 0 Å². The van der Waals surface area contributed by atoms with E-state index in [0.717, 1.165) is 5.92 Å². The third-order valence-corrected chi connectivity index (χ3v) is 3.83. The van der Waals surface area contributed by atoms with Crippen molar-refractivity contribution in [3.63, 3.8) is 0 Å². The minimum Gasteiger partial charge on any atom is -0.313 e. The van der Waals surface area contributed by atoms with Crippen LogP contribution in [0, 0.1) is 12.8 Å². The molecule has 82 valence electrons. The summed E-state index contributed by atoms with van der Waals surface area (Å²) in [4.78, 5) is 0. The van der Waals surface area contributed by atoms with Crippen LogP contribution in [0.4, 0.5) is 0 Å². The zero-order valence-corrected chi connectivity index (χ0v) is 11.0. The summed E-state index contributed by atoms with van der Waals surface area (Å²) in [6.07, 6.45) is 4.11. The summed E-state index contributed by atoms with van der Waals surface area (Å²) in [5, 5.41) is 3.42. The van der Waals surface area contributed by atoms with Crippen LogP contribution in [0.5, 0.6) is 0 Å². The molecule has 1 atom stereocenters. The predicted octanol–water partition coefficient (Wildman–Crippen LogP) is 3.82. The Hall–Kier alpha value is -0.340. The lowest BCUT2D eigenvalue weighted by Gasteiger charge is -2.18. The Morgan fingerprint density at radius 2 is 2.20 bits per heavy atom. The average Bonchev–Trinajstić information content (AvgIpc) is 2.99. The van der Waals surface area contributed by atoms with Crippen molar-refractivity contribution in [3.05, 3.63) is 33.8 Å². The Labute approximate surface area is 100 Å². The van der Waals surface area contributed by atoms with Crippen LogP contribution in [-0.2, 0) is 0 Å². The predicted molar refractivity (Wildman–Crippen MR) is 68.0 cm³/mol. The third kappa shape index (κ3) is 2.82. The lowest BCUT2D eigenvalue weighted by atomic mass is 10.0. The van der Waals surface area contributed by atoms with Crippen molar-refractivity contribution < 1.29 is 0 Å². The van der Waals surface area contributed by atoms with E-state index in [0.29, 0.717) is 6.04 Å². The second-order valence-electron chi connectivity index (χ2n) is 4.55. The van der Waals surface area contributed by atoms with E-state index in [1.165, 1.54) is 34.9 Å². The fraction of sp³-hybridized carbons (Fsp3) is 0.538. The summed E-state index contributed by atoms with van der Waals surface area (Å²) in [5.41, 5.74) is 2.71. The number of hydrogen-bond donors (Lipinski definition) is 1. The van der Waals surface area contributed by atoms with Gasteiger partial charge in [-0.2, -0.15) is 0 Å².